The van der Waals surface area contributed by atoms with Crippen molar-refractivity contribution in [3.63, 3.8) is 0 Å². The average Bonchev–Trinajstić information content (AvgIpc) is 2.59. The van der Waals surface area contributed by atoms with Gasteiger partial charge in [0, 0.05) is 6.61 Å². The number of aliphatic hydroxyl groups is 1. The van der Waals surface area contributed by atoms with Gasteiger partial charge in [0.1, 0.15) is 6.10 Å². The minimum absolute atomic E-state index is 0.0251. The molecule has 3 heteroatoms. The Balaban J connectivity index is 1.72. The van der Waals surface area contributed by atoms with E-state index in [4.69, 9.17) is 14.6 Å². The molecule has 3 nitrogen and oxygen atoms in total. The lowest BCUT2D eigenvalue weighted by Gasteiger charge is -2.18. The van der Waals surface area contributed by atoms with Gasteiger partial charge in [-0.2, -0.15) is 0 Å². The van der Waals surface area contributed by atoms with Crippen molar-refractivity contribution in [2.45, 2.75) is 18.9 Å². The van der Waals surface area contributed by atoms with Crippen LogP contribution < -0.4 is 0 Å². The number of hydrogen-bond donors (Lipinski definition) is 1. The van der Waals surface area contributed by atoms with Crippen molar-refractivity contribution < 1.29 is 14.6 Å². The Bertz CT molecular complexity index is 499. The van der Waals surface area contributed by atoms with Crippen LogP contribution in [0.2, 0.25) is 0 Å². The zero-order valence-corrected chi connectivity index (χ0v) is 12.9. The molecule has 1 atom stereocenters. The Morgan fingerprint density at radius 3 is 2.23 bits per heavy atom. The summed E-state index contributed by atoms with van der Waals surface area (Å²) in [7, 11) is 0. The molecule has 0 fully saturated rings. The molecule has 118 valence electrons. The highest BCUT2D eigenvalue weighted by atomic mass is 16.5. The zero-order valence-electron chi connectivity index (χ0n) is 12.9. The molecule has 0 saturated heterocycles. The summed E-state index contributed by atoms with van der Waals surface area (Å²) in [4.78, 5) is 0. The number of hydrogen-bond acceptors (Lipinski definition) is 3. The largest absolute Gasteiger partial charge is 0.394 e. The van der Waals surface area contributed by atoms with Crippen molar-refractivity contribution >= 4 is 0 Å². The molecule has 0 radical (unpaired) electrons. The molecule has 0 aliphatic rings. The van der Waals surface area contributed by atoms with Gasteiger partial charge in [0.15, 0.2) is 0 Å². The molecular weight excluding hydrogens is 276 g/mol. The monoisotopic (exact) mass is 300 g/mol. The summed E-state index contributed by atoms with van der Waals surface area (Å²) in [5, 5.41) is 8.93. The molecule has 1 unspecified atom stereocenters. The highest BCUT2D eigenvalue weighted by Gasteiger charge is 2.11. The van der Waals surface area contributed by atoms with Gasteiger partial charge in [0.2, 0.25) is 0 Å². The molecule has 2 aromatic rings. The molecule has 2 aromatic carbocycles. The third-order valence-electron chi connectivity index (χ3n) is 3.45. The Kier molecular flexibility index (Phi) is 7.67. The highest BCUT2D eigenvalue weighted by Crippen LogP contribution is 2.17. The first-order valence-corrected chi connectivity index (χ1v) is 7.79. The van der Waals surface area contributed by atoms with Crippen LogP contribution in [0, 0.1) is 0 Å². The van der Waals surface area contributed by atoms with E-state index >= 15 is 0 Å². The number of aryl methyl sites for hydroxylation is 1. The van der Waals surface area contributed by atoms with Gasteiger partial charge >= 0.3 is 0 Å². The van der Waals surface area contributed by atoms with E-state index in [0.717, 1.165) is 18.4 Å². The van der Waals surface area contributed by atoms with Crippen molar-refractivity contribution in [2.24, 2.45) is 0 Å². The lowest BCUT2D eigenvalue weighted by molar-refractivity contribution is -0.0296. The summed E-state index contributed by atoms with van der Waals surface area (Å²) < 4.78 is 11.4. The second kappa shape index (κ2) is 10.1. The molecule has 0 amide bonds. The first kappa shape index (κ1) is 16.7. The first-order valence-electron chi connectivity index (χ1n) is 7.79. The molecule has 2 rings (SSSR count). The average molecular weight is 300 g/mol. The van der Waals surface area contributed by atoms with Gasteiger partial charge in [0.05, 0.1) is 19.8 Å². The van der Waals surface area contributed by atoms with E-state index < -0.39 is 0 Å². The van der Waals surface area contributed by atoms with Crippen LogP contribution in [-0.4, -0.2) is 31.5 Å². The molecule has 0 spiro atoms. The van der Waals surface area contributed by atoms with Gasteiger partial charge in [-0.15, -0.1) is 0 Å². The summed E-state index contributed by atoms with van der Waals surface area (Å²) in [6.45, 7) is 1.57. The second-order valence-electron chi connectivity index (χ2n) is 5.16. The Labute approximate surface area is 132 Å². The summed E-state index contributed by atoms with van der Waals surface area (Å²) in [5.74, 6) is 0. The molecule has 1 N–H and O–H groups in total. The number of ether oxygens (including phenoxy) is 2. The number of rotatable bonds is 10. The van der Waals surface area contributed by atoms with Crippen molar-refractivity contribution in [3.8, 4) is 0 Å². The maximum absolute atomic E-state index is 8.93. The van der Waals surface area contributed by atoms with Crippen molar-refractivity contribution in [2.75, 3.05) is 26.4 Å². The van der Waals surface area contributed by atoms with Crippen molar-refractivity contribution in [1.82, 2.24) is 0 Å². The van der Waals surface area contributed by atoms with Crippen LogP contribution >= 0.6 is 0 Å². The summed E-state index contributed by atoms with van der Waals surface area (Å²) in [6.07, 6.45) is 1.89. The fourth-order valence-electron chi connectivity index (χ4n) is 2.32. The number of benzene rings is 2. The molecule has 0 bridgehead atoms. The maximum atomic E-state index is 8.93. The van der Waals surface area contributed by atoms with Crippen LogP contribution in [-0.2, 0) is 15.9 Å². The van der Waals surface area contributed by atoms with Crippen LogP contribution in [0.4, 0.5) is 0 Å². The highest BCUT2D eigenvalue weighted by molar-refractivity contribution is 5.17. The third kappa shape index (κ3) is 5.98. The minimum atomic E-state index is -0.120. The van der Waals surface area contributed by atoms with E-state index in [0.29, 0.717) is 19.8 Å². The van der Waals surface area contributed by atoms with Gasteiger partial charge in [-0.3, -0.25) is 0 Å². The van der Waals surface area contributed by atoms with E-state index in [-0.39, 0.29) is 12.7 Å². The molecule has 0 saturated carbocycles. The van der Waals surface area contributed by atoms with Crippen LogP contribution in [0.25, 0.3) is 0 Å². The fourth-order valence-corrected chi connectivity index (χ4v) is 2.32. The van der Waals surface area contributed by atoms with Crippen LogP contribution in [0.3, 0.4) is 0 Å². The Morgan fingerprint density at radius 1 is 0.864 bits per heavy atom. The van der Waals surface area contributed by atoms with Gasteiger partial charge in [-0.1, -0.05) is 60.7 Å². The Hall–Kier alpha value is -1.68. The molecule has 0 aliphatic carbocycles. The minimum Gasteiger partial charge on any atom is -0.394 e. The van der Waals surface area contributed by atoms with Gasteiger partial charge < -0.3 is 14.6 Å². The third-order valence-corrected chi connectivity index (χ3v) is 3.45. The molecule has 0 aliphatic heterocycles. The molecule has 0 heterocycles. The molecule has 0 aromatic heterocycles. The summed E-state index contributed by atoms with van der Waals surface area (Å²) in [5.41, 5.74) is 2.42. The van der Waals surface area contributed by atoms with E-state index in [9.17, 15) is 0 Å². The van der Waals surface area contributed by atoms with Gasteiger partial charge in [-0.25, -0.2) is 0 Å². The van der Waals surface area contributed by atoms with Gasteiger partial charge in [-0.05, 0) is 24.0 Å². The van der Waals surface area contributed by atoms with Crippen LogP contribution in [0.5, 0.6) is 0 Å². The predicted octanol–water partition coefficient (Wildman–Crippen LogP) is 3.39. The van der Waals surface area contributed by atoms with Crippen molar-refractivity contribution in [3.05, 3.63) is 71.8 Å². The van der Waals surface area contributed by atoms with E-state index in [1.165, 1.54) is 5.56 Å². The smallest absolute Gasteiger partial charge is 0.106 e. The Morgan fingerprint density at radius 2 is 1.55 bits per heavy atom. The number of aliphatic hydroxyl groups excluding tert-OH is 1. The topological polar surface area (TPSA) is 38.7 Å². The maximum Gasteiger partial charge on any atom is 0.106 e. The van der Waals surface area contributed by atoms with E-state index in [1.807, 2.05) is 36.4 Å². The van der Waals surface area contributed by atoms with Gasteiger partial charge in [0.25, 0.3) is 0 Å². The molecule has 22 heavy (non-hydrogen) atoms. The standard InChI is InChI=1S/C19H24O3/c20-13-15-22-19(18-11-5-2-6-12-18)16-21-14-7-10-17-8-3-1-4-9-17/h1-6,8-9,11-12,19-20H,7,10,13-16H2. The van der Waals surface area contributed by atoms with E-state index in [1.54, 1.807) is 0 Å². The lowest BCUT2D eigenvalue weighted by atomic mass is 10.1. The van der Waals surface area contributed by atoms with E-state index in [2.05, 4.69) is 24.3 Å². The first-order chi connectivity index (χ1) is 10.9. The quantitative estimate of drug-likeness (QED) is 0.684. The zero-order chi connectivity index (χ0) is 15.5. The summed E-state index contributed by atoms with van der Waals surface area (Å²) >= 11 is 0. The normalized spacial score (nSPS) is 12.2. The predicted molar refractivity (Wildman–Crippen MR) is 87.8 cm³/mol. The van der Waals surface area contributed by atoms with Crippen LogP contribution in [0.1, 0.15) is 23.7 Å². The summed E-state index contributed by atoms with van der Waals surface area (Å²) in [6, 6.07) is 20.4. The molecular formula is C19H24O3. The SMILES string of the molecule is OCCOC(COCCCc1ccccc1)c1ccccc1. The second-order valence-corrected chi connectivity index (χ2v) is 5.16. The van der Waals surface area contributed by atoms with Crippen LogP contribution in [0.15, 0.2) is 60.7 Å². The fraction of sp³-hybridized carbons (Fsp3) is 0.368. The lowest BCUT2D eigenvalue weighted by Crippen LogP contribution is -2.14. The van der Waals surface area contributed by atoms with Crippen molar-refractivity contribution in [1.29, 1.82) is 0 Å².